The second kappa shape index (κ2) is 2.64. The Bertz CT molecular complexity index is 68.9. The molecule has 0 amide bonds. The summed E-state index contributed by atoms with van der Waals surface area (Å²) in [5, 5.41) is 0. The zero-order valence-corrected chi connectivity index (χ0v) is 6.99. The molecule has 0 atom stereocenters. The van der Waals surface area contributed by atoms with Gasteiger partial charge in [0.1, 0.15) is 0 Å². The fourth-order valence-corrected chi connectivity index (χ4v) is 0.354. The lowest BCUT2D eigenvalue weighted by Gasteiger charge is -2.27. The van der Waals surface area contributed by atoms with Crippen molar-refractivity contribution in [2.24, 2.45) is 5.92 Å². The van der Waals surface area contributed by atoms with Crippen LogP contribution in [0.15, 0.2) is 0 Å². The van der Waals surface area contributed by atoms with Crippen LogP contribution in [0.3, 0.4) is 0 Å². The molecule has 0 aromatic carbocycles. The third-order valence-corrected chi connectivity index (χ3v) is 2.18. The van der Waals surface area contributed by atoms with Crippen LogP contribution in [0.1, 0.15) is 27.7 Å². The van der Waals surface area contributed by atoms with Gasteiger partial charge in [-0.25, -0.2) is 0 Å². The zero-order valence-electron chi connectivity index (χ0n) is 5.99. The van der Waals surface area contributed by atoms with Crippen molar-refractivity contribution in [1.82, 2.24) is 0 Å². The molecule has 0 bridgehead atoms. The van der Waals surface area contributed by atoms with Gasteiger partial charge in [0.05, 0.1) is 5.60 Å². The van der Waals surface area contributed by atoms with E-state index in [1.54, 1.807) is 0 Å². The van der Waals surface area contributed by atoms with E-state index in [2.05, 4.69) is 24.3 Å². The molecule has 0 fully saturated rings. The summed E-state index contributed by atoms with van der Waals surface area (Å²) >= 11 is 0. The normalized spacial score (nSPS) is 12.8. The molecule has 0 aliphatic carbocycles. The Balaban J connectivity index is 3.71. The standard InChI is InChI=1S/C6H13OSi/c1-5(2)6(3,4)7-8/h5H,1-4H3. The van der Waals surface area contributed by atoms with Crippen molar-refractivity contribution < 1.29 is 4.43 Å². The van der Waals surface area contributed by atoms with E-state index in [-0.39, 0.29) is 5.60 Å². The van der Waals surface area contributed by atoms with Crippen LogP contribution in [0.5, 0.6) is 0 Å². The fraction of sp³-hybridized carbons (Fsp3) is 1.00. The molecule has 47 valence electrons. The Kier molecular flexibility index (Phi) is 2.70. The highest BCUT2D eigenvalue weighted by molar-refractivity contribution is 5.98. The molecule has 0 heterocycles. The molecule has 2 heteroatoms. The molecule has 0 aromatic heterocycles. The van der Waals surface area contributed by atoms with Gasteiger partial charge in [-0.1, -0.05) is 13.8 Å². The van der Waals surface area contributed by atoms with E-state index in [9.17, 15) is 0 Å². The van der Waals surface area contributed by atoms with Gasteiger partial charge < -0.3 is 4.43 Å². The highest BCUT2D eigenvalue weighted by Crippen LogP contribution is 2.17. The minimum Gasteiger partial charge on any atom is -0.413 e. The molecule has 0 aliphatic rings. The maximum Gasteiger partial charge on any atom is 0.246 e. The van der Waals surface area contributed by atoms with Gasteiger partial charge >= 0.3 is 0 Å². The van der Waals surface area contributed by atoms with Gasteiger partial charge in [-0.05, 0) is 19.8 Å². The topological polar surface area (TPSA) is 9.23 Å². The summed E-state index contributed by atoms with van der Waals surface area (Å²) in [5.41, 5.74) is -0.0448. The first kappa shape index (κ1) is 8.18. The van der Waals surface area contributed by atoms with Crippen LogP contribution in [0.4, 0.5) is 0 Å². The molecule has 0 N–H and O–H groups in total. The summed E-state index contributed by atoms with van der Waals surface area (Å²) < 4.78 is 5.00. The van der Waals surface area contributed by atoms with Crippen LogP contribution in [-0.2, 0) is 4.43 Å². The lowest BCUT2D eigenvalue weighted by Crippen LogP contribution is -2.29. The van der Waals surface area contributed by atoms with Crippen molar-refractivity contribution in [3.8, 4) is 0 Å². The van der Waals surface area contributed by atoms with Crippen LogP contribution >= 0.6 is 0 Å². The van der Waals surface area contributed by atoms with E-state index in [1.807, 2.05) is 13.8 Å². The third-order valence-electron chi connectivity index (χ3n) is 1.65. The predicted molar refractivity (Wildman–Crippen MR) is 35.8 cm³/mol. The van der Waals surface area contributed by atoms with Gasteiger partial charge in [-0.3, -0.25) is 0 Å². The van der Waals surface area contributed by atoms with Crippen molar-refractivity contribution in [3.63, 3.8) is 0 Å². The van der Waals surface area contributed by atoms with Crippen LogP contribution in [0.25, 0.3) is 0 Å². The number of hydrogen-bond donors (Lipinski definition) is 0. The van der Waals surface area contributed by atoms with E-state index in [4.69, 9.17) is 4.43 Å². The Morgan fingerprint density at radius 1 is 1.38 bits per heavy atom. The molecule has 0 saturated carbocycles. The number of rotatable bonds is 2. The SMILES string of the molecule is CC(C)C(C)(C)O[Si]. The lowest BCUT2D eigenvalue weighted by atomic mass is 9.95. The van der Waals surface area contributed by atoms with Gasteiger partial charge in [0.15, 0.2) is 0 Å². The van der Waals surface area contributed by atoms with E-state index >= 15 is 0 Å². The van der Waals surface area contributed by atoms with Crippen molar-refractivity contribution in [1.29, 1.82) is 0 Å². The minimum absolute atomic E-state index is 0.0448. The molecule has 0 unspecified atom stereocenters. The first-order chi connectivity index (χ1) is 3.50. The first-order valence-electron chi connectivity index (χ1n) is 2.85. The lowest BCUT2D eigenvalue weighted by molar-refractivity contribution is 0.0707. The molecule has 8 heavy (non-hydrogen) atoms. The first-order valence-corrected chi connectivity index (χ1v) is 3.26. The Morgan fingerprint density at radius 2 is 1.75 bits per heavy atom. The maximum absolute atomic E-state index is 5.00. The smallest absolute Gasteiger partial charge is 0.246 e. The molecule has 0 aliphatic heterocycles. The molecule has 0 aromatic rings. The van der Waals surface area contributed by atoms with Crippen LogP contribution in [-0.4, -0.2) is 16.1 Å². The van der Waals surface area contributed by atoms with Crippen molar-refractivity contribution in [2.45, 2.75) is 33.3 Å². The molecule has 0 spiro atoms. The Labute approximate surface area is 55.0 Å². The van der Waals surface area contributed by atoms with E-state index in [0.717, 1.165) is 0 Å². The number of hydrogen-bond acceptors (Lipinski definition) is 1. The quantitative estimate of drug-likeness (QED) is 0.514. The zero-order chi connectivity index (χ0) is 6.78. The average Bonchev–Trinajstić information content (AvgIpc) is 1.67. The van der Waals surface area contributed by atoms with Gasteiger partial charge in [-0.2, -0.15) is 0 Å². The van der Waals surface area contributed by atoms with Crippen LogP contribution in [0.2, 0.25) is 0 Å². The van der Waals surface area contributed by atoms with Gasteiger partial charge in [0.2, 0.25) is 10.5 Å². The molecule has 3 radical (unpaired) electrons. The average molecular weight is 129 g/mol. The van der Waals surface area contributed by atoms with Gasteiger partial charge in [0.25, 0.3) is 0 Å². The van der Waals surface area contributed by atoms with E-state index in [1.165, 1.54) is 0 Å². The highest BCUT2D eigenvalue weighted by atomic mass is 28.2. The largest absolute Gasteiger partial charge is 0.413 e. The second-order valence-corrected chi connectivity index (χ2v) is 3.06. The summed E-state index contributed by atoms with van der Waals surface area (Å²) in [6, 6.07) is 0. The van der Waals surface area contributed by atoms with E-state index in [0.29, 0.717) is 5.92 Å². The summed E-state index contributed by atoms with van der Waals surface area (Å²) in [5.74, 6) is 0.542. The fourth-order valence-electron chi connectivity index (χ4n) is 0.118. The molecule has 0 saturated heterocycles. The summed E-state index contributed by atoms with van der Waals surface area (Å²) in [7, 11) is 3.02. The Morgan fingerprint density at radius 3 is 1.75 bits per heavy atom. The van der Waals surface area contributed by atoms with Gasteiger partial charge in [0, 0.05) is 0 Å². The highest BCUT2D eigenvalue weighted by Gasteiger charge is 2.19. The molecule has 1 nitrogen and oxygen atoms in total. The van der Waals surface area contributed by atoms with Crippen molar-refractivity contribution in [2.75, 3.05) is 0 Å². The summed E-state index contributed by atoms with van der Waals surface area (Å²) in [6.45, 7) is 8.34. The predicted octanol–water partition coefficient (Wildman–Crippen LogP) is 1.52. The maximum atomic E-state index is 5.00. The third kappa shape index (κ3) is 1.97. The van der Waals surface area contributed by atoms with E-state index < -0.39 is 0 Å². The Hall–Kier alpha value is 0.177. The van der Waals surface area contributed by atoms with Gasteiger partial charge in [-0.15, -0.1) is 0 Å². The monoisotopic (exact) mass is 129 g/mol. The van der Waals surface area contributed by atoms with Crippen LogP contribution < -0.4 is 0 Å². The minimum atomic E-state index is -0.0448. The summed E-state index contributed by atoms with van der Waals surface area (Å²) in [6.07, 6.45) is 0. The van der Waals surface area contributed by atoms with Crippen LogP contribution in [0, 0.1) is 5.92 Å². The van der Waals surface area contributed by atoms with Crippen molar-refractivity contribution >= 4 is 10.5 Å². The molecular weight excluding hydrogens is 116 g/mol. The molecular formula is C6H13OSi. The van der Waals surface area contributed by atoms with Crippen molar-refractivity contribution in [3.05, 3.63) is 0 Å². The summed E-state index contributed by atoms with van der Waals surface area (Å²) in [4.78, 5) is 0. The second-order valence-electron chi connectivity index (χ2n) is 2.86. The molecule has 0 rings (SSSR count).